The molecule has 0 aromatic heterocycles. The number of allylic oxidation sites excluding steroid dienone is 1. The van der Waals surface area contributed by atoms with E-state index in [1.165, 1.54) is 0 Å². The summed E-state index contributed by atoms with van der Waals surface area (Å²) in [5.41, 5.74) is 3.05. The summed E-state index contributed by atoms with van der Waals surface area (Å²) in [6.45, 7) is 20.3. The van der Waals surface area contributed by atoms with Crippen LogP contribution in [0.2, 0.25) is 5.02 Å². The largest absolute Gasteiger partial charge is 0.490 e. The number of halogens is 2. The smallest absolute Gasteiger partial charge is 0.251 e. The number of hydrogen-bond acceptors (Lipinski definition) is 4. The molecule has 1 amide bonds. The highest BCUT2D eigenvalue weighted by Crippen LogP contribution is 2.27. The SMILES string of the molecule is C=NC(=C)C.CC.CC.CCCl.Cc1ccc(C(=O)NC2CCC(Oc3ccc(C#N)c(Cl)c3)CC2)cc1. The van der Waals surface area contributed by atoms with E-state index in [0.717, 1.165) is 42.8 Å². The van der Waals surface area contributed by atoms with Crippen LogP contribution in [0.3, 0.4) is 0 Å². The standard InChI is InChI=1S/C21H21ClN2O2.C4H7N.C2H5Cl.2C2H6/c1-14-2-4-15(5-3-14)21(25)24-17-7-10-18(11-8-17)26-19-9-6-16(13-23)20(22)12-19;1-4(2)5-3;1-2-3;2*1-2/h2-6,9,12,17-18H,7-8,10-11H2,1H3,(H,24,25);1,3H2,2H3;2H2,1H3;2*1-2H3. The van der Waals surface area contributed by atoms with E-state index in [0.29, 0.717) is 21.9 Å². The number of nitrogens with zero attached hydrogens (tertiary/aromatic N) is 2. The van der Waals surface area contributed by atoms with E-state index in [4.69, 9.17) is 33.2 Å². The Labute approximate surface area is 240 Å². The van der Waals surface area contributed by atoms with Gasteiger partial charge in [-0.1, -0.05) is 70.5 Å². The van der Waals surface area contributed by atoms with Crippen LogP contribution in [-0.4, -0.2) is 30.7 Å². The van der Waals surface area contributed by atoms with Gasteiger partial charge in [-0.05, 0) is 70.5 Å². The van der Waals surface area contributed by atoms with Crippen LogP contribution < -0.4 is 10.1 Å². The van der Waals surface area contributed by atoms with E-state index in [1.54, 1.807) is 25.1 Å². The lowest BCUT2D eigenvalue weighted by Gasteiger charge is -2.29. The van der Waals surface area contributed by atoms with Crippen LogP contribution >= 0.6 is 23.2 Å². The van der Waals surface area contributed by atoms with E-state index < -0.39 is 0 Å². The Morgan fingerprint density at radius 3 is 2.03 bits per heavy atom. The highest BCUT2D eigenvalue weighted by atomic mass is 35.5. The molecule has 38 heavy (non-hydrogen) atoms. The molecule has 3 rings (SSSR count). The molecule has 0 heterocycles. The predicted octanol–water partition coefficient (Wildman–Crippen LogP) is 9.16. The molecule has 0 radical (unpaired) electrons. The molecule has 2 aromatic rings. The number of hydrogen-bond donors (Lipinski definition) is 1. The molecule has 0 saturated heterocycles. The van der Waals surface area contributed by atoms with Gasteiger partial charge in [-0.3, -0.25) is 9.79 Å². The Hall–Kier alpha value is -2.81. The third kappa shape index (κ3) is 16.1. The number of carbonyl (C=O) groups is 1. The molecule has 1 aliphatic carbocycles. The lowest BCUT2D eigenvalue weighted by atomic mass is 9.92. The van der Waals surface area contributed by atoms with E-state index in [9.17, 15) is 4.79 Å². The highest BCUT2D eigenvalue weighted by Gasteiger charge is 2.24. The number of carbonyl (C=O) groups excluding carboxylic acids is 1. The van der Waals surface area contributed by atoms with Gasteiger partial charge in [0.25, 0.3) is 5.91 Å². The first-order valence-corrected chi connectivity index (χ1v) is 14.1. The number of nitriles is 1. The van der Waals surface area contributed by atoms with Crippen molar-refractivity contribution in [1.82, 2.24) is 5.32 Å². The van der Waals surface area contributed by atoms with Crippen LogP contribution in [0.25, 0.3) is 0 Å². The topological polar surface area (TPSA) is 74.5 Å². The number of benzene rings is 2. The summed E-state index contributed by atoms with van der Waals surface area (Å²) in [4.78, 5) is 15.8. The van der Waals surface area contributed by atoms with Crippen molar-refractivity contribution in [3.8, 4) is 11.8 Å². The molecule has 0 bridgehead atoms. The third-order valence-corrected chi connectivity index (χ3v) is 5.27. The van der Waals surface area contributed by atoms with Gasteiger partial charge in [-0.15, -0.1) is 11.6 Å². The van der Waals surface area contributed by atoms with Crippen LogP contribution in [0.4, 0.5) is 0 Å². The zero-order chi connectivity index (χ0) is 29.5. The molecule has 0 spiro atoms. The van der Waals surface area contributed by atoms with Crippen molar-refractivity contribution in [3.63, 3.8) is 0 Å². The third-order valence-electron chi connectivity index (χ3n) is 4.96. The lowest BCUT2D eigenvalue weighted by molar-refractivity contribution is 0.0894. The molecule has 1 fully saturated rings. The summed E-state index contributed by atoms with van der Waals surface area (Å²) in [6, 6.07) is 14.9. The monoisotopic (exact) mass is 561 g/mol. The Balaban J connectivity index is 0. The van der Waals surface area contributed by atoms with E-state index in [2.05, 4.69) is 23.6 Å². The number of ether oxygens (including phenoxy) is 1. The van der Waals surface area contributed by atoms with Crippen molar-refractivity contribution in [2.45, 2.75) is 86.3 Å². The fraction of sp³-hybridized carbons (Fsp3) is 0.452. The molecule has 1 aliphatic rings. The first-order valence-electron chi connectivity index (χ1n) is 13.2. The average Bonchev–Trinajstić information content (AvgIpc) is 2.93. The van der Waals surface area contributed by atoms with Crippen molar-refractivity contribution >= 4 is 35.8 Å². The van der Waals surface area contributed by atoms with Crippen molar-refractivity contribution < 1.29 is 9.53 Å². The van der Waals surface area contributed by atoms with Gasteiger partial charge in [-0.2, -0.15) is 5.26 Å². The zero-order valence-corrected chi connectivity index (χ0v) is 25.6. The van der Waals surface area contributed by atoms with Crippen LogP contribution in [0.5, 0.6) is 5.75 Å². The molecule has 0 unspecified atom stereocenters. The predicted molar refractivity (Wildman–Crippen MR) is 165 cm³/mol. The molecule has 2 aromatic carbocycles. The first-order chi connectivity index (χ1) is 18.2. The number of aliphatic imine (C=N–C) groups is 1. The van der Waals surface area contributed by atoms with Gasteiger partial charge in [0.2, 0.25) is 0 Å². The normalized spacial score (nSPS) is 14.9. The Kier molecular flexibility index (Phi) is 22.9. The Bertz CT molecular complexity index is 978. The van der Waals surface area contributed by atoms with Crippen LogP contribution in [0.1, 0.15) is 88.7 Å². The second kappa shape index (κ2) is 23.3. The fourth-order valence-electron chi connectivity index (χ4n) is 3.15. The van der Waals surface area contributed by atoms with E-state index in [1.807, 2.05) is 71.9 Å². The summed E-state index contributed by atoms with van der Waals surface area (Å²) in [5.74, 6) is 1.38. The first kappa shape index (κ1) is 37.3. The minimum absolute atomic E-state index is 0.0201. The molecule has 1 N–H and O–H groups in total. The second-order valence-electron chi connectivity index (χ2n) is 7.85. The van der Waals surface area contributed by atoms with Crippen molar-refractivity contribution in [2.24, 2.45) is 4.99 Å². The summed E-state index contributed by atoms with van der Waals surface area (Å²) < 4.78 is 5.98. The molecule has 210 valence electrons. The quantitative estimate of drug-likeness (QED) is 0.292. The molecule has 0 aliphatic heterocycles. The molecule has 5 nitrogen and oxygen atoms in total. The zero-order valence-electron chi connectivity index (χ0n) is 24.1. The van der Waals surface area contributed by atoms with Gasteiger partial charge < -0.3 is 10.1 Å². The molecule has 1 saturated carbocycles. The Morgan fingerprint density at radius 2 is 1.61 bits per heavy atom. The van der Waals surface area contributed by atoms with Gasteiger partial charge in [0, 0.05) is 29.2 Å². The maximum Gasteiger partial charge on any atom is 0.251 e. The number of aryl methyl sites for hydroxylation is 1. The van der Waals surface area contributed by atoms with Crippen LogP contribution in [-0.2, 0) is 0 Å². The minimum atomic E-state index is -0.0201. The lowest BCUT2D eigenvalue weighted by Crippen LogP contribution is -2.39. The summed E-state index contributed by atoms with van der Waals surface area (Å²) in [7, 11) is 0. The van der Waals surface area contributed by atoms with Gasteiger partial charge in [0.1, 0.15) is 11.8 Å². The summed E-state index contributed by atoms with van der Waals surface area (Å²) >= 11 is 11.0. The molecule has 0 atom stereocenters. The number of alkyl halides is 1. The van der Waals surface area contributed by atoms with Crippen molar-refractivity contribution in [2.75, 3.05) is 5.88 Å². The Morgan fingerprint density at radius 1 is 1.11 bits per heavy atom. The van der Waals surface area contributed by atoms with E-state index in [-0.39, 0.29) is 18.1 Å². The van der Waals surface area contributed by atoms with Crippen molar-refractivity contribution in [3.05, 3.63) is 76.5 Å². The maximum absolute atomic E-state index is 12.3. The number of rotatable bonds is 5. The van der Waals surface area contributed by atoms with Gasteiger partial charge >= 0.3 is 0 Å². The van der Waals surface area contributed by atoms with Gasteiger partial charge in [-0.25, -0.2) is 0 Å². The molecular formula is C31H45Cl2N3O2. The number of nitrogens with one attached hydrogen (secondary N) is 1. The summed E-state index contributed by atoms with van der Waals surface area (Å²) in [5, 5.41) is 12.4. The average molecular weight is 563 g/mol. The van der Waals surface area contributed by atoms with Gasteiger partial charge in [0.05, 0.1) is 16.7 Å². The molecule has 7 heteroatoms. The number of amides is 1. The minimum Gasteiger partial charge on any atom is -0.490 e. The van der Waals surface area contributed by atoms with E-state index >= 15 is 0 Å². The molecular weight excluding hydrogens is 517 g/mol. The van der Waals surface area contributed by atoms with Crippen molar-refractivity contribution in [1.29, 1.82) is 5.26 Å². The second-order valence-corrected chi connectivity index (χ2v) is 8.79. The van der Waals surface area contributed by atoms with Crippen LogP contribution in [0, 0.1) is 18.3 Å². The summed E-state index contributed by atoms with van der Waals surface area (Å²) in [6.07, 6.45) is 3.61. The van der Waals surface area contributed by atoms with Crippen LogP contribution in [0.15, 0.2) is 59.7 Å². The highest BCUT2D eigenvalue weighted by molar-refractivity contribution is 6.31. The maximum atomic E-state index is 12.3. The fourth-order valence-corrected chi connectivity index (χ4v) is 3.36. The van der Waals surface area contributed by atoms with Gasteiger partial charge in [0.15, 0.2) is 0 Å².